The highest BCUT2D eigenvalue weighted by molar-refractivity contribution is 5.71. The maximum atomic E-state index is 9.65. The van der Waals surface area contributed by atoms with Gasteiger partial charge in [-0.15, -0.1) is 0 Å². The van der Waals surface area contributed by atoms with Crippen LogP contribution in [0.25, 0.3) is 0 Å². The van der Waals surface area contributed by atoms with Gasteiger partial charge in [-0.25, -0.2) is 4.79 Å². The van der Waals surface area contributed by atoms with E-state index >= 15 is 0 Å². The second kappa shape index (κ2) is 14.4. The third kappa shape index (κ3) is 38.5. The molecule has 0 aromatic rings. The molecule has 0 aliphatic carbocycles. The first-order chi connectivity index (χ1) is 8.54. The zero-order valence-electron chi connectivity index (χ0n) is 10.7. The Labute approximate surface area is 109 Å². The van der Waals surface area contributed by atoms with Crippen molar-refractivity contribution in [2.45, 2.75) is 38.9 Å². The first-order valence-corrected chi connectivity index (χ1v) is 5.17. The summed E-state index contributed by atoms with van der Waals surface area (Å²) in [4.78, 5) is 28.5. The van der Waals surface area contributed by atoms with Crippen molar-refractivity contribution in [1.82, 2.24) is 0 Å². The Balaban J connectivity index is -0.000000203. The molecule has 9 nitrogen and oxygen atoms in total. The number of aliphatic hydroxyl groups excluding tert-OH is 3. The van der Waals surface area contributed by atoms with Crippen molar-refractivity contribution < 1.29 is 45.0 Å². The van der Waals surface area contributed by atoms with Gasteiger partial charge < -0.3 is 30.6 Å². The Kier molecular flexibility index (Phi) is 17.0. The Morgan fingerprint density at radius 1 is 0.947 bits per heavy atom. The summed E-state index contributed by atoms with van der Waals surface area (Å²) in [6.45, 7) is 2.37. The fourth-order valence-corrected chi connectivity index (χ4v) is 0.348. The average molecular weight is 284 g/mol. The molecule has 0 rings (SSSR count). The van der Waals surface area contributed by atoms with Gasteiger partial charge in [-0.2, -0.15) is 0 Å². The van der Waals surface area contributed by atoms with Gasteiger partial charge in [0.25, 0.3) is 0 Å². The zero-order chi connectivity index (χ0) is 16.0. The molecule has 0 spiro atoms. The van der Waals surface area contributed by atoms with Crippen molar-refractivity contribution in [3.05, 3.63) is 0 Å². The fraction of sp³-hybridized carbons (Fsp3) is 0.700. The Morgan fingerprint density at radius 3 is 1.32 bits per heavy atom. The summed E-state index contributed by atoms with van der Waals surface area (Å²) in [5.74, 6) is -3.11. The smallest absolute Gasteiger partial charge is 0.332 e. The Morgan fingerprint density at radius 2 is 1.32 bits per heavy atom. The van der Waals surface area contributed by atoms with Gasteiger partial charge in [0.15, 0.2) is 0 Å². The molecule has 0 saturated heterocycles. The lowest BCUT2D eigenvalue weighted by molar-refractivity contribution is -0.145. The number of rotatable bonds is 5. The van der Waals surface area contributed by atoms with E-state index in [-0.39, 0.29) is 19.4 Å². The minimum Gasteiger partial charge on any atom is -0.481 e. The quantitative estimate of drug-likeness (QED) is 0.360. The molecule has 0 aromatic carbocycles. The normalized spacial score (nSPS) is 11.8. The molecule has 0 radical (unpaired) electrons. The Hall–Kier alpha value is -1.71. The summed E-state index contributed by atoms with van der Waals surface area (Å²) in [7, 11) is 0. The summed E-state index contributed by atoms with van der Waals surface area (Å²) in [5, 5.41) is 47.6. The minimum atomic E-state index is -1.23. The zero-order valence-corrected chi connectivity index (χ0v) is 10.7. The lowest BCUT2D eigenvalue weighted by Gasteiger charge is -1.94. The van der Waals surface area contributed by atoms with Crippen LogP contribution in [0.2, 0.25) is 0 Å². The molecule has 0 heterocycles. The molecule has 19 heavy (non-hydrogen) atoms. The van der Waals surface area contributed by atoms with E-state index in [0.717, 1.165) is 0 Å². The van der Waals surface area contributed by atoms with E-state index in [1.807, 2.05) is 0 Å². The van der Waals surface area contributed by atoms with Crippen LogP contribution in [-0.4, -0.2) is 67.4 Å². The highest BCUT2D eigenvalue weighted by Crippen LogP contribution is 1.85. The number of hydrogen-bond donors (Lipinski definition) is 6. The topological polar surface area (TPSA) is 173 Å². The molecule has 114 valence electrons. The van der Waals surface area contributed by atoms with Gasteiger partial charge >= 0.3 is 17.9 Å². The van der Waals surface area contributed by atoms with Gasteiger partial charge in [0.2, 0.25) is 0 Å². The van der Waals surface area contributed by atoms with Gasteiger partial charge in [-0.05, 0) is 13.8 Å². The number of carboxylic acids is 3. The first-order valence-electron chi connectivity index (χ1n) is 5.17. The average Bonchev–Trinajstić information content (AvgIpc) is 2.16. The molecular formula is C10H20O9. The third-order valence-corrected chi connectivity index (χ3v) is 1.15. The summed E-state index contributed by atoms with van der Waals surface area (Å²) >= 11 is 0. The summed E-state index contributed by atoms with van der Waals surface area (Å²) < 4.78 is 0. The lowest BCUT2D eigenvalue weighted by Crippen LogP contribution is -2.13. The van der Waals surface area contributed by atoms with Gasteiger partial charge in [0.05, 0.1) is 25.6 Å². The van der Waals surface area contributed by atoms with Gasteiger partial charge in [0.1, 0.15) is 6.10 Å². The number of aliphatic hydroxyl groups is 3. The molecule has 0 amide bonds. The third-order valence-electron chi connectivity index (χ3n) is 1.15. The molecule has 0 bridgehead atoms. The van der Waals surface area contributed by atoms with Crippen molar-refractivity contribution >= 4 is 17.9 Å². The van der Waals surface area contributed by atoms with E-state index in [0.29, 0.717) is 0 Å². The monoisotopic (exact) mass is 284 g/mol. The molecule has 0 aromatic heterocycles. The van der Waals surface area contributed by atoms with Crippen LogP contribution in [0.4, 0.5) is 0 Å². The molecule has 0 saturated carbocycles. The van der Waals surface area contributed by atoms with E-state index < -0.39 is 30.1 Å². The van der Waals surface area contributed by atoms with E-state index in [4.69, 9.17) is 30.6 Å². The number of carboxylic acid groups (broad SMARTS) is 3. The van der Waals surface area contributed by atoms with E-state index in [1.54, 1.807) is 0 Å². The van der Waals surface area contributed by atoms with Crippen molar-refractivity contribution in [3.8, 4) is 0 Å². The van der Waals surface area contributed by atoms with Crippen LogP contribution in [0.15, 0.2) is 0 Å². The van der Waals surface area contributed by atoms with Crippen LogP contribution >= 0.6 is 0 Å². The molecule has 2 atom stereocenters. The largest absolute Gasteiger partial charge is 0.481 e. The highest BCUT2D eigenvalue weighted by Gasteiger charge is 2.01. The second-order valence-corrected chi connectivity index (χ2v) is 3.33. The lowest BCUT2D eigenvalue weighted by atomic mass is 10.3. The van der Waals surface area contributed by atoms with Crippen LogP contribution in [0.5, 0.6) is 0 Å². The number of hydrogen-bond acceptors (Lipinski definition) is 6. The summed E-state index contributed by atoms with van der Waals surface area (Å²) in [6.07, 6.45) is -2.28. The van der Waals surface area contributed by atoms with E-state index in [9.17, 15) is 14.4 Å². The highest BCUT2D eigenvalue weighted by atomic mass is 16.4. The summed E-state index contributed by atoms with van der Waals surface area (Å²) in [6, 6.07) is 0. The molecule has 0 aliphatic rings. The number of carbonyl (C=O) groups is 3. The maximum absolute atomic E-state index is 9.65. The second-order valence-electron chi connectivity index (χ2n) is 3.33. The Bertz CT molecular complexity index is 260. The van der Waals surface area contributed by atoms with Gasteiger partial charge in [0, 0.05) is 0 Å². The standard InChI is InChI=1S/C4H8O3.2C3H6O3/c1-3(5)2-4(6)7;1-2(4)3(5)6;4-2-1-3(5)6/h3,5H,2H2,1H3,(H,6,7);2,4H,1H3,(H,5,6);4H,1-2H2,(H,5,6). The molecule has 6 N–H and O–H groups in total. The number of aliphatic carboxylic acids is 3. The fourth-order valence-electron chi connectivity index (χ4n) is 0.348. The SMILES string of the molecule is CC(O)C(=O)O.CC(O)CC(=O)O.O=C(O)CCO. The van der Waals surface area contributed by atoms with Crippen LogP contribution < -0.4 is 0 Å². The molecule has 2 unspecified atom stereocenters. The van der Waals surface area contributed by atoms with Crippen LogP contribution in [-0.2, 0) is 14.4 Å². The van der Waals surface area contributed by atoms with Crippen molar-refractivity contribution in [2.24, 2.45) is 0 Å². The maximum Gasteiger partial charge on any atom is 0.332 e. The van der Waals surface area contributed by atoms with Gasteiger partial charge in [-0.1, -0.05) is 0 Å². The van der Waals surface area contributed by atoms with E-state index in [1.165, 1.54) is 13.8 Å². The van der Waals surface area contributed by atoms with Gasteiger partial charge in [-0.3, -0.25) is 9.59 Å². The van der Waals surface area contributed by atoms with Crippen LogP contribution in [0.1, 0.15) is 26.7 Å². The van der Waals surface area contributed by atoms with Crippen molar-refractivity contribution in [1.29, 1.82) is 0 Å². The van der Waals surface area contributed by atoms with E-state index in [2.05, 4.69) is 0 Å². The predicted octanol–water partition coefficient (Wildman–Crippen LogP) is -1.25. The molecule has 0 aliphatic heterocycles. The first kappa shape index (κ1) is 22.5. The van der Waals surface area contributed by atoms with Crippen molar-refractivity contribution in [2.75, 3.05) is 6.61 Å². The van der Waals surface area contributed by atoms with Crippen LogP contribution in [0.3, 0.4) is 0 Å². The summed E-state index contributed by atoms with van der Waals surface area (Å²) in [5.41, 5.74) is 0. The van der Waals surface area contributed by atoms with Crippen LogP contribution in [0, 0.1) is 0 Å². The molecule has 9 heteroatoms. The predicted molar refractivity (Wildman–Crippen MR) is 62.6 cm³/mol. The minimum absolute atomic E-state index is 0.153. The molecule has 0 fully saturated rings. The molecular weight excluding hydrogens is 264 g/mol. The van der Waals surface area contributed by atoms with Crippen molar-refractivity contribution in [3.63, 3.8) is 0 Å².